The molecule has 1 fully saturated rings. The first-order valence-electron chi connectivity index (χ1n) is 8.10. The molecular weight excluding hydrogens is 294 g/mol. The van der Waals surface area contributed by atoms with Crippen LogP contribution in [0, 0.1) is 0 Å². The first-order valence-corrected chi connectivity index (χ1v) is 8.10. The number of hydrogen-bond acceptors (Lipinski definition) is 5. The molecule has 1 N–H and O–H groups in total. The number of nitrogens with one attached hydrogen (secondary N) is 1. The Kier molecular flexibility index (Phi) is 7.32. The smallest absolute Gasteiger partial charge is 0.238 e. The zero-order valence-corrected chi connectivity index (χ0v) is 14.1. The normalized spacial score (nSPS) is 15.0. The third-order valence-corrected chi connectivity index (χ3v) is 3.83. The van der Waals surface area contributed by atoms with Crippen molar-refractivity contribution in [1.29, 1.82) is 0 Å². The van der Waals surface area contributed by atoms with E-state index in [1.54, 1.807) is 7.11 Å². The number of amides is 1. The molecule has 1 aromatic carbocycles. The molecule has 0 bridgehead atoms. The zero-order valence-electron chi connectivity index (χ0n) is 14.1. The van der Waals surface area contributed by atoms with Crippen molar-refractivity contribution in [3.05, 3.63) is 24.3 Å². The van der Waals surface area contributed by atoms with Crippen molar-refractivity contribution < 1.29 is 14.3 Å². The lowest BCUT2D eigenvalue weighted by atomic mass is 10.2. The van der Waals surface area contributed by atoms with Gasteiger partial charge in [-0.05, 0) is 25.6 Å². The molecule has 1 aromatic rings. The van der Waals surface area contributed by atoms with Crippen molar-refractivity contribution in [3.8, 4) is 0 Å². The molecule has 0 atom stereocenters. The van der Waals surface area contributed by atoms with E-state index in [1.807, 2.05) is 36.2 Å². The van der Waals surface area contributed by atoms with Gasteiger partial charge in [0.05, 0.1) is 31.1 Å². The summed E-state index contributed by atoms with van der Waals surface area (Å²) in [6, 6.07) is 7.94. The summed E-state index contributed by atoms with van der Waals surface area (Å²) in [5, 5.41) is 3.03. The van der Waals surface area contributed by atoms with Gasteiger partial charge in [0.15, 0.2) is 0 Å². The van der Waals surface area contributed by atoms with Crippen LogP contribution < -0.4 is 10.2 Å². The summed E-state index contributed by atoms with van der Waals surface area (Å²) < 4.78 is 10.4. The number of para-hydroxylation sites is 2. The van der Waals surface area contributed by atoms with Gasteiger partial charge in [0, 0.05) is 33.4 Å². The number of methoxy groups -OCH3 is 1. The van der Waals surface area contributed by atoms with Crippen LogP contribution in [0.15, 0.2) is 24.3 Å². The molecule has 23 heavy (non-hydrogen) atoms. The van der Waals surface area contributed by atoms with Gasteiger partial charge in [0.25, 0.3) is 0 Å². The van der Waals surface area contributed by atoms with Gasteiger partial charge in [-0.15, -0.1) is 0 Å². The van der Waals surface area contributed by atoms with Crippen molar-refractivity contribution in [2.75, 3.05) is 70.4 Å². The van der Waals surface area contributed by atoms with Gasteiger partial charge in [-0.1, -0.05) is 12.1 Å². The van der Waals surface area contributed by atoms with Crippen LogP contribution in [0.4, 0.5) is 11.4 Å². The first-order chi connectivity index (χ1) is 11.2. The van der Waals surface area contributed by atoms with Crippen LogP contribution in [-0.4, -0.2) is 71.0 Å². The second-order valence-corrected chi connectivity index (χ2v) is 5.75. The van der Waals surface area contributed by atoms with Crippen molar-refractivity contribution in [1.82, 2.24) is 4.90 Å². The minimum atomic E-state index is 0.00521. The molecule has 1 saturated heterocycles. The van der Waals surface area contributed by atoms with Crippen molar-refractivity contribution >= 4 is 17.3 Å². The lowest BCUT2D eigenvalue weighted by Gasteiger charge is -2.30. The third-order valence-electron chi connectivity index (χ3n) is 3.83. The van der Waals surface area contributed by atoms with Crippen molar-refractivity contribution in [2.45, 2.75) is 6.42 Å². The van der Waals surface area contributed by atoms with E-state index in [0.29, 0.717) is 13.2 Å². The molecule has 6 nitrogen and oxygen atoms in total. The lowest BCUT2D eigenvalue weighted by Crippen LogP contribution is -2.37. The van der Waals surface area contributed by atoms with E-state index < -0.39 is 0 Å². The average Bonchev–Trinajstić information content (AvgIpc) is 2.56. The van der Waals surface area contributed by atoms with Gasteiger partial charge < -0.3 is 19.7 Å². The van der Waals surface area contributed by atoms with E-state index in [2.05, 4.69) is 10.2 Å². The van der Waals surface area contributed by atoms with Crippen LogP contribution in [0.3, 0.4) is 0 Å². The molecule has 1 amide bonds. The fraction of sp³-hybridized carbons (Fsp3) is 0.588. The molecule has 0 spiro atoms. The van der Waals surface area contributed by atoms with Crippen LogP contribution in [-0.2, 0) is 14.3 Å². The summed E-state index contributed by atoms with van der Waals surface area (Å²) in [5.74, 6) is 0.00521. The highest BCUT2D eigenvalue weighted by Gasteiger charge is 2.16. The summed E-state index contributed by atoms with van der Waals surface area (Å²) >= 11 is 0. The van der Waals surface area contributed by atoms with Crippen molar-refractivity contribution in [3.63, 3.8) is 0 Å². The van der Waals surface area contributed by atoms with E-state index in [1.165, 1.54) is 0 Å². The minimum Gasteiger partial charge on any atom is -0.385 e. The number of hydrogen-bond donors (Lipinski definition) is 1. The van der Waals surface area contributed by atoms with Crippen LogP contribution in [0.2, 0.25) is 0 Å². The lowest BCUT2D eigenvalue weighted by molar-refractivity contribution is -0.117. The number of benzene rings is 1. The number of anilines is 2. The summed E-state index contributed by atoms with van der Waals surface area (Å²) in [4.78, 5) is 16.5. The molecular formula is C17H27N3O3. The summed E-state index contributed by atoms with van der Waals surface area (Å²) in [7, 11) is 3.64. The third kappa shape index (κ3) is 5.82. The Labute approximate surface area is 138 Å². The number of morpholine rings is 1. The highest BCUT2D eigenvalue weighted by atomic mass is 16.5. The predicted octanol–water partition coefficient (Wildman–Crippen LogP) is 1.43. The maximum Gasteiger partial charge on any atom is 0.238 e. The molecule has 0 radical (unpaired) electrons. The van der Waals surface area contributed by atoms with Gasteiger partial charge >= 0.3 is 0 Å². The van der Waals surface area contributed by atoms with Gasteiger partial charge in [-0.3, -0.25) is 9.69 Å². The molecule has 0 aromatic heterocycles. The standard InChI is InChI=1S/C17H27N3O3/c1-19(8-5-11-22-2)14-17(21)18-15-6-3-4-7-16(15)20-9-12-23-13-10-20/h3-4,6-7H,5,8-14H2,1-2H3,(H,18,21). The highest BCUT2D eigenvalue weighted by molar-refractivity contribution is 5.95. The average molecular weight is 321 g/mol. The summed E-state index contributed by atoms with van der Waals surface area (Å²) in [5.41, 5.74) is 1.93. The second-order valence-electron chi connectivity index (χ2n) is 5.75. The Morgan fingerprint density at radius 2 is 2.09 bits per heavy atom. The second kappa shape index (κ2) is 9.50. The number of carbonyl (C=O) groups excluding carboxylic acids is 1. The predicted molar refractivity (Wildman–Crippen MR) is 92.1 cm³/mol. The van der Waals surface area contributed by atoms with Gasteiger partial charge in [-0.2, -0.15) is 0 Å². The highest BCUT2D eigenvalue weighted by Crippen LogP contribution is 2.26. The monoisotopic (exact) mass is 321 g/mol. The van der Waals surface area contributed by atoms with Gasteiger partial charge in [0.1, 0.15) is 0 Å². The van der Waals surface area contributed by atoms with Crippen LogP contribution in [0.1, 0.15) is 6.42 Å². The SMILES string of the molecule is COCCCN(C)CC(=O)Nc1ccccc1N1CCOCC1. The first kappa shape index (κ1) is 17.7. The largest absolute Gasteiger partial charge is 0.385 e. The number of nitrogens with zero attached hydrogens (tertiary/aromatic N) is 2. The Hall–Kier alpha value is -1.63. The van der Waals surface area contributed by atoms with Gasteiger partial charge in [-0.25, -0.2) is 0 Å². The molecule has 2 rings (SSSR count). The fourth-order valence-electron chi connectivity index (χ4n) is 2.65. The quantitative estimate of drug-likeness (QED) is 0.734. The summed E-state index contributed by atoms with van der Waals surface area (Å²) in [6.45, 7) is 5.09. The molecule has 1 aliphatic rings. The number of carbonyl (C=O) groups is 1. The van der Waals surface area contributed by atoms with E-state index in [4.69, 9.17) is 9.47 Å². The van der Waals surface area contributed by atoms with Crippen LogP contribution in [0.5, 0.6) is 0 Å². The Morgan fingerprint density at radius 3 is 2.83 bits per heavy atom. The topological polar surface area (TPSA) is 54.0 Å². The Morgan fingerprint density at radius 1 is 1.35 bits per heavy atom. The zero-order chi connectivity index (χ0) is 16.5. The fourth-order valence-corrected chi connectivity index (χ4v) is 2.65. The van der Waals surface area contributed by atoms with Crippen LogP contribution in [0.25, 0.3) is 0 Å². The number of rotatable bonds is 8. The molecule has 0 saturated carbocycles. The maximum atomic E-state index is 12.3. The minimum absolute atomic E-state index is 0.00521. The Balaban J connectivity index is 1.90. The summed E-state index contributed by atoms with van der Waals surface area (Å²) in [6.07, 6.45) is 0.921. The molecule has 1 heterocycles. The van der Waals surface area contributed by atoms with E-state index in [-0.39, 0.29) is 5.91 Å². The van der Waals surface area contributed by atoms with E-state index in [0.717, 1.165) is 50.6 Å². The molecule has 0 unspecified atom stereocenters. The van der Waals surface area contributed by atoms with E-state index in [9.17, 15) is 4.79 Å². The molecule has 6 heteroatoms. The number of ether oxygens (including phenoxy) is 2. The van der Waals surface area contributed by atoms with Gasteiger partial charge in [0.2, 0.25) is 5.91 Å². The molecule has 1 aliphatic heterocycles. The van der Waals surface area contributed by atoms with E-state index >= 15 is 0 Å². The van der Waals surface area contributed by atoms with Crippen LogP contribution >= 0.6 is 0 Å². The van der Waals surface area contributed by atoms with Crippen molar-refractivity contribution in [2.24, 2.45) is 0 Å². The molecule has 128 valence electrons. The maximum absolute atomic E-state index is 12.3. The molecule has 0 aliphatic carbocycles. The Bertz CT molecular complexity index is 490. The number of likely N-dealkylation sites (N-methyl/N-ethyl adjacent to an activating group) is 1.